The van der Waals surface area contributed by atoms with E-state index in [2.05, 4.69) is 288 Å². The van der Waals surface area contributed by atoms with Gasteiger partial charge in [-0.2, -0.15) is 0 Å². The second kappa shape index (κ2) is 19.1. The van der Waals surface area contributed by atoms with E-state index in [0.29, 0.717) is 0 Å². The molecule has 2 unspecified atom stereocenters. The van der Waals surface area contributed by atoms with Crippen molar-refractivity contribution in [2.24, 2.45) is 5.41 Å². The first-order chi connectivity index (χ1) is 41.3. The Morgan fingerprint density at radius 2 is 0.798 bits per heavy atom. The first-order valence-corrected chi connectivity index (χ1v) is 34.8. The van der Waals surface area contributed by atoms with Crippen LogP contribution in [0.3, 0.4) is 0 Å². The molecule has 2 atom stereocenters. The van der Waals surface area contributed by atoms with Crippen molar-refractivity contribution in [1.82, 2.24) is 0 Å². The van der Waals surface area contributed by atoms with E-state index in [9.17, 15) is 0 Å². The lowest BCUT2D eigenvalue weighted by Gasteiger charge is -2.66. The summed E-state index contributed by atoms with van der Waals surface area (Å²) in [6.45, 7) is 55.2. The summed E-state index contributed by atoms with van der Waals surface area (Å²) >= 11 is 0. The van der Waals surface area contributed by atoms with E-state index in [1.165, 1.54) is 149 Å². The van der Waals surface area contributed by atoms with Crippen molar-refractivity contribution in [3.05, 3.63) is 171 Å². The SMILES string of the molecule is CC(C)(C)c1ccc(N2c3cc4c(cc3B3c5cc6c(cc5N(c5ccc7c(c5)C(C)(C)CCC7(C)C)c5cc(N7c8ccc(C(C)(C)C)cc8C(C)(C)C8(C)CCCCC78C)cc2c53)C(C)(C)CCC6(C)C)C(C)(C)CCC4(C)C)c(-c2ccccc2)c1. The Kier molecular flexibility index (Phi) is 13.0. The summed E-state index contributed by atoms with van der Waals surface area (Å²) in [6, 6.07) is 50.9. The predicted octanol–water partition coefficient (Wildman–Crippen LogP) is 21.8. The summed E-state index contributed by atoms with van der Waals surface area (Å²) in [5, 5.41) is 0. The normalized spacial score (nSPS) is 24.2. The fourth-order valence-corrected chi connectivity index (χ4v) is 19.1. The fourth-order valence-electron chi connectivity index (χ4n) is 19.1. The van der Waals surface area contributed by atoms with Crippen LogP contribution >= 0.6 is 0 Å². The fraction of sp³-hybridized carbons (Fsp3) is 0.506. The van der Waals surface area contributed by atoms with E-state index >= 15 is 0 Å². The number of benzene rings is 7. The monoisotopic (exact) mass is 1180 g/mol. The van der Waals surface area contributed by atoms with Crippen LogP contribution in [0, 0.1) is 5.41 Å². The highest BCUT2D eigenvalue weighted by Crippen LogP contribution is 2.67. The summed E-state index contributed by atoms with van der Waals surface area (Å²) in [6.07, 6.45) is 11.7. The largest absolute Gasteiger partial charge is 0.335 e. The van der Waals surface area contributed by atoms with Gasteiger partial charge in [0.1, 0.15) is 0 Å². The molecule has 3 heterocycles. The van der Waals surface area contributed by atoms with Crippen molar-refractivity contribution in [2.45, 2.75) is 271 Å². The van der Waals surface area contributed by atoms with Crippen molar-refractivity contribution in [3.63, 3.8) is 0 Å². The highest BCUT2D eigenvalue weighted by Gasteiger charge is 2.63. The molecule has 7 aromatic rings. The van der Waals surface area contributed by atoms with Crippen LogP contribution < -0.4 is 31.1 Å². The van der Waals surface area contributed by atoms with Crippen LogP contribution in [0.4, 0.5) is 45.5 Å². The van der Waals surface area contributed by atoms with E-state index in [-0.39, 0.29) is 66.4 Å². The van der Waals surface area contributed by atoms with Crippen molar-refractivity contribution in [1.29, 1.82) is 0 Å². The Labute approximate surface area is 539 Å². The third-order valence-electron chi connectivity index (χ3n) is 26.0. The molecule has 0 spiro atoms. The molecule has 1 saturated carbocycles. The molecule has 0 aromatic heterocycles. The molecule has 464 valence electrons. The zero-order valence-electron chi connectivity index (χ0n) is 59.0. The topological polar surface area (TPSA) is 9.72 Å². The van der Waals surface area contributed by atoms with Gasteiger partial charge in [-0.1, -0.05) is 225 Å². The van der Waals surface area contributed by atoms with Gasteiger partial charge in [0.05, 0.1) is 5.69 Å². The van der Waals surface area contributed by atoms with Crippen LogP contribution in [0.15, 0.2) is 121 Å². The summed E-state index contributed by atoms with van der Waals surface area (Å²) in [5.41, 5.74) is 30.3. The minimum absolute atomic E-state index is 0.0000320. The maximum absolute atomic E-state index is 2.95. The van der Waals surface area contributed by atoms with Gasteiger partial charge in [0.2, 0.25) is 0 Å². The van der Waals surface area contributed by atoms with Crippen LogP contribution in [0.25, 0.3) is 11.1 Å². The van der Waals surface area contributed by atoms with Gasteiger partial charge in [-0.25, -0.2) is 0 Å². The van der Waals surface area contributed by atoms with Gasteiger partial charge < -0.3 is 14.7 Å². The molecule has 14 rings (SSSR count). The van der Waals surface area contributed by atoms with Crippen LogP contribution in [0.2, 0.25) is 0 Å². The van der Waals surface area contributed by atoms with Gasteiger partial charge >= 0.3 is 0 Å². The standard InChI is InChI=1S/C85H106BN3/c1-75(2,3)54-30-34-68(58(44-54)53-28-24-23-25-29-53)88-71-52-64-62(80(13,14)41-43-82(64,17)18)50-67(71)86-66-49-61-63(81(15,16)42-40-79(61,11)12)51-70(66)87(56-32-33-59-60(46-56)78(9,10)39-38-77(59,7)8)72-47-57(48-73(88)74(72)86)89-69-35-31-55(76(4,5)6)45-65(69)83(19,20)84(21)36-26-27-37-85(84,89)22/h23-25,28-35,44-52H,26-27,36-43H2,1-22H3. The molecule has 4 aliphatic carbocycles. The van der Waals surface area contributed by atoms with Crippen LogP contribution in [0.5, 0.6) is 0 Å². The molecule has 0 saturated heterocycles. The van der Waals surface area contributed by atoms with Crippen molar-refractivity contribution < 1.29 is 0 Å². The average molecular weight is 1180 g/mol. The lowest BCUT2D eigenvalue weighted by atomic mass is 9.32. The number of nitrogens with zero attached hydrogens (tertiary/aromatic N) is 3. The predicted molar refractivity (Wildman–Crippen MR) is 386 cm³/mol. The van der Waals surface area contributed by atoms with E-state index in [1.807, 2.05) is 0 Å². The Morgan fingerprint density at radius 3 is 1.33 bits per heavy atom. The third-order valence-corrected chi connectivity index (χ3v) is 26.0. The Bertz CT molecular complexity index is 4090. The van der Waals surface area contributed by atoms with Gasteiger partial charge in [0, 0.05) is 56.3 Å². The van der Waals surface area contributed by atoms with Crippen LogP contribution in [-0.2, 0) is 48.7 Å². The van der Waals surface area contributed by atoms with E-state index in [0.717, 1.165) is 38.5 Å². The summed E-state index contributed by atoms with van der Waals surface area (Å²) in [7, 11) is 0. The Balaban J connectivity index is 1.19. The van der Waals surface area contributed by atoms with Gasteiger partial charge in [0.25, 0.3) is 6.71 Å². The maximum atomic E-state index is 2.95. The smallest absolute Gasteiger partial charge is 0.252 e. The lowest BCUT2D eigenvalue weighted by Crippen LogP contribution is -2.67. The second-order valence-electron chi connectivity index (χ2n) is 36.6. The highest BCUT2D eigenvalue weighted by molar-refractivity contribution is 7.00. The lowest BCUT2D eigenvalue weighted by molar-refractivity contribution is 0.0105. The van der Waals surface area contributed by atoms with E-state index < -0.39 is 0 Å². The number of rotatable bonds is 4. The Morgan fingerprint density at radius 1 is 0.348 bits per heavy atom. The zero-order valence-corrected chi connectivity index (χ0v) is 59.0. The van der Waals surface area contributed by atoms with Crippen molar-refractivity contribution in [2.75, 3.05) is 14.7 Å². The first-order valence-electron chi connectivity index (χ1n) is 34.8. The first kappa shape index (κ1) is 60.6. The van der Waals surface area contributed by atoms with E-state index in [4.69, 9.17) is 0 Å². The van der Waals surface area contributed by atoms with Gasteiger partial charge in [0.15, 0.2) is 0 Å². The average Bonchev–Trinajstić information content (AvgIpc) is 0.681. The molecule has 0 N–H and O–H groups in total. The molecule has 0 amide bonds. The van der Waals surface area contributed by atoms with Gasteiger partial charge in [-0.15, -0.1) is 0 Å². The number of hydrogen-bond acceptors (Lipinski definition) is 3. The van der Waals surface area contributed by atoms with Crippen LogP contribution in [0.1, 0.15) is 267 Å². The molecule has 3 aliphatic heterocycles. The minimum atomic E-state index is -0.214. The second-order valence-corrected chi connectivity index (χ2v) is 36.6. The molecule has 4 heteroatoms. The molecule has 0 radical (unpaired) electrons. The molecule has 7 aromatic carbocycles. The summed E-state index contributed by atoms with van der Waals surface area (Å²) < 4.78 is 0. The summed E-state index contributed by atoms with van der Waals surface area (Å²) in [5.74, 6) is 0. The Hall–Kier alpha value is -6.00. The van der Waals surface area contributed by atoms with Gasteiger partial charge in [-0.3, -0.25) is 0 Å². The van der Waals surface area contributed by atoms with Crippen molar-refractivity contribution in [3.8, 4) is 11.1 Å². The molecule has 3 nitrogen and oxygen atoms in total. The van der Waals surface area contributed by atoms with Gasteiger partial charge in [-0.05, 0) is 234 Å². The minimum Gasteiger partial charge on any atom is -0.335 e. The molecule has 89 heavy (non-hydrogen) atoms. The number of hydrogen-bond donors (Lipinski definition) is 0. The molecule has 7 aliphatic rings. The maximum Gasteiger partial charge on any atom is 0.252 e. The molecule has 1 fully saturated rings. The van der Waals surface area contributed by atoms with Crippen molar-refractivity contribution >= 4 is 68.6 Å². The number of anilines is 8. The quantitative estimate of drug-likeness (QED) is 0.163. The van der Waals surface area contributed by atoms with Crippen LogP contribution in [-0.4, -0.2) is 12.3 Å². The number of fused-ring (bicyclic) bond motifs is 9. The summed E-state index contributed by atoms with van der Waals surface area (Å²) in [4.78, 5) is 8.61. The molecular weight excluding hydrogens is 1070 g/mol. The third kappa shape index (κ3) is 8.74. The molecule has 0 bridgehead atoms. The molecular formula is C85H106BN3. The highest BCUT2D eigenvalue weighted by atomic mass is 15.3. The van der Waals surface area contributed by atoms with E-state index in [1.54, 1.807) is 0 Å². The zero-order chi connectivity index (χ0) is 63.7.